The van der Waals surface area contributed by atoms with Crippen molar-refractivity contribution in [2.45, 2.75) is 30.8 Å². The molecule has 0 fully saturated rings. The molecule has 0 amide bonds. The average Bonchev–Trinajstić information content (AvgIpc) is 3.40. The van der Waals surface area contributed by atoms with Crippen molar-refractivity contribution < 1.29 is 4.79 Å². The Kier molecular flexibility index (Phi) is 5.98. The molecule has 0 unspecified atom stereocenters. The molecule has 0 radical (unpaired) electrons. The lowest BCUT2D eigenvalue weighted by Crippen LogP contribution is -2.23. The summed E-state index contributed by atoms with van der Waals surface area (Å²) < 4.78 is 1.62. The molecule has 3 heterocycles. The van der Waals surface area contributed by atoms with E-state index >= 15 is 0 Å². The van der Waals surface area contributed by atoms with Gasteiger partial charge in [-0.15, -0.1) is 17.9 Å². The van der Waals surface area contributed by atoms with Crippen LogP contribution < -0.4 is 5.56 Å². The molecule has 0 aliphatic rings. The van der Waals surface area contributed by atoms with Crippen molar-refractivity contribution in [1.29, 1.82) is 0 Å². The Bertz CT molecular complexity index is 1600. The summed E-state index contributed by atoms with van der Waals surface area (Å²) in [6.07, 6.45) is 3.45. The van der Waals surface area contributed by atoms with Gasteiger partial charge in [0.05, 0.1) is 5.39 Å². The minimum atomic E-state index is -0.567. The van der Waals surface area contributed by atoms with Crippen molar-refractivity contribution in [3.63, 3.8) is 0 Å². The third kappa shape index (κ3) is 3.81. The van der Waals surface area contributed by atoms with Crippen LogP contribution in [-0.2, 0) is 6.54 Å². The smallest absolute Gasteiger partial charge is 0.263 e. The van der Waals surface area contributed by atoms with E-state index in [1.165, 1.54) is 23.1 Å². The summed E-state index contributed by atoms with van der Waals surface area (Å²) in [5, 5.41) is 1.47. The number of nitrogens with one attached hydrogen (secondary N) is 1. The molecule has 170 valence electrons. The number of rotatable bonds is 7. The fraction of sp³-hybridized carbons (Fsp3) is 0.148. The topological polar surface area (TPSA) is 67.8 Å². The molecule has 7 heteroatoms. The Morgan fingerprint density at radius 2 is 1.91 bits per heavy atom. The maximum Gasteiger partial charge on any atom is 0.263 e. The molecule has 5 rings (SSSR count). The number of H-pyrrole nitrogens is 1. The molecular formula is C27H23N3O2S2. The maximum atomic E-state index is 13.9. The number of carbonyl (C=O) groups is 1. The first-order valence-electron chi connectivity index (χ1n) is 10.9. The van der Waals surface area contributed by atoms with Crippen LogP contribution in [-0.4, -0.2) is 20.3 Å². The van der Waals surface area contributed by atoms with Crippen molar-refractivity contribution in [3.8, 4) is 0 Å². The predicted octanol–water partition coefficient (Wildman–Crippen LogP) is 6.46. The van der Waals surface area contributed by atoms with Crippen LogP contribution in [0.3, 0.4) is 0 Å². The highest BCUT2D eigenvalue weighted by Gasteiger charge is 2.28. The Hall–Kier alpha value is -3.42. The van der Waals surface area contributed by atoms with Gasteiger partial charge in [-0.05, 0) is 31.0 Å². The number of allylic oxidation sites excluding steroid dienone is 1. The van der Waals surface area contributed by atoms with Crippen molar-refractivity contribution in [2.24, 2.45) is 0 Å². The highest BCUT2D eigenvalue weighted by Crippen LogP contribution is 2.39. The molecule has 2 aromatic carbocycles. The van der Waals surface area contributed by atoms with Gasteiger partial charge >= 0.3 is 0 Å². The van der Waals surface area contributed by atoms with Crippen LogP contribution >= 0.6 is 23.1 Å². The number of fused-ring (bicyclic) bond motifs is 2. The molecule has 1 N–H and O–H groups in total. The Labute approximate surface area is 205 Å². The lowest BCUT2D eigenvalue weighted by Gasteiger charge is -2.18. The summed E-state index contributed by atoms with van der Waals surface area (Å²) in [5.41, 5.74) is 3.26. The van der Waals surface area contributed by atoms with E-state index in [0.717, 1.165) is 26.9 Å². The third-order valence-electron chi connectivity index (χ3n) is 5.98. The van der Waals surface area contributed by atoms with Crippen LogP contribution in [0.2, 0.25) is 0 Å². The van der Waals surface area contributed by atoms with Gasteiger partial charge in [-0.3, -0.25) is 14.2 Å². The van der Waals surface area contributed by atoms with Gasteiger partial charge in [0.15, 0.2) is 10.9 Å². The van der Waals surface area contributed by atoms with E-state index in [1.54, 1.807) is 16.8 Å². The lowest BCUT2D eigenvalue weighted by atomic mass is 10.0. The molecule has 5 aromatic rings. The first-order valence-corrected chi connectivity index (χ1v) is 12.6. The number of para-hydroxylation sites is 1. The quantitative estimate of drug-likeness (QED) is 0.124. The van der Waals surface area contributed by atoms with E-state index in [4.69, 9.17) is 4.98 Å². The van der Waals surface area contributed by atoms with Gasteiger partial charge in [0.2, 0.25) is 0 Å². The molecular weight excluding hydrogens is 462 g/mol. The van der Waals surface area contributed by atoms with Gasteiger partial charge in [0.25, 0.3) is 5.56 Å². The fourth-order valence-corrected chi connectivity index (χ4v) is 6.36. The molecule has 0 saturated carbocycles. The minimum Gasteiger partial charge on any atom is -0.360 e. The second-order valence-electron chi connectivity index (χ2n) is 8.08. The van der Waals surface area contributed by atoms with Crippen LogP contribution in [0.25, 0.3) is 21.1 Å². The number of hydrogen-bond acceptors (Lipinski definition) is 5. The van der Waals surface area contributed by atoms with E-state index in [1.807, 2.05) is 68.4 Å². The van der Waals surface area contributed by atoms with Gasteiger partial charge in [0, 0.05) is 34.1 Å². The number of hydrogen-bond donors (Lipinski definition) is 1. The number of thioether (sulfide) groups is 1. The molecule has 34 heavy (non-hydrogen) atoms. The van der Waals surface area contributed by atoms with Crippen molar-refractivity contribution in [3.05, 3.63) is 105 Å². The first kappa shape index (κ1) is 22.4. The summed E-state index contributed by atoms with van der Waals surface area (Å²) >= 11 is 2.83. The van der Waals surface area contributed by atoms with Crippen LogP contribution in [0.1, 0.15) is 31.6 Å². The second kappa shape index (κ2) is 9.08. The Balaban J connectivity index is 1.67. The molecule has 0 aliphatic carbocycles. The maximum absolute atomic E-state index is 13.9. The number of aromatic nitrogens is 3. The molecule has 3 aromatic heterocycles. The zero-order chi connectivity index (χ0) is 23.8. The van der Waals surface area contributed by atoms with Gasteiger partial charge in [0.1, 0.15) is 10.1 Å². The largest absolute Gasteiger partial charge is 0.360 e. The van der Waals surface area contributed by atoms with E-state index < -0.39 is 5.25 Å². The van der Waals surface area contributed by atoms with Crippen molar-refractivity contribution in [1.82, 2.24) is 14.5 Å². The zero-order valence-corrected chi connectivity index (χ0v) is 20.5. The molecule has 0 saturated heterocycles. The number of thiophene rings is 1. The zero-order valence-electron chi connectivity index (χ0n) is 18.9. The first-order chi connectivity index (χ1) is 16.5. The number of nitrogens with zero attached hydrogens (tertiary/aromatic N) is 2. The van der Waals surface area contributed by atoms with Gasteiger partial charge in [-0.1, -0.05) is 66.4 Å². The SMILES string of the molecule is C=CCn1c(S[C@@H](C(=O)c2c[nH]c3ccccc23)c2ccccc2)nc2sc(C)c(C)c2c1=O. The van der Waals surface area contributed by atoms with Crippen LogP contribution in [0, 0.1) is 13.8 Å². The van der Waals surface area contributed by atoms with Crippen LogP contribution in [0.15, 0.2) is 83.4 Å². The van der Waals surface area contributed by atoms with Crippen molar-refractivity contribution in [2.75, 3.05) is 0 Å². The molecule has 0 spiro atoms. The molecule has 1 atom stereocenters. The fourth-order valence-electron chi connectivity index (χ4n) is 4.11. The minimum absolute atomic E-state index is 0.0355. The highest BCUT2D eigenvalue weighted by molar-refractivity contribution is 8.00. The number of carbonyl (C=O) groups excluding carboxylic acids is 1. The number of Topliss-reactive ketones (excluding diaryl/α,β-unsaturated/α-hetero) is 1. The Morgan fingerprint density at radius 3 is 2.68 bits per heavy atom. The second-order valence-corrected chi connectivity index (χ2v) is 10.4. The van der Waals surface area contributed by atoms with Gasteiger partial charge in [-0.25, -0.2) is 4.98 Å². The van der Waals surface area contributed by atoms with E-state index in [2.05, 4.69) is 11.6 Å². The predicted molar refractivity (Wildman–Crippen MR) is 141 cm³/mol. The molecule has 5 nitrogen and oxygen atoms in total. The van der Waals surface area contributed by atoms with E-state index in [0.29, 0.717) is 27.5 Å². The standard InChI is InChI=1S/C27H23N3O2S2/c1-4-14-30-26(32)22-16(2)17(3)33-25(22)29-27(30)34-24(18-10-6-5-7-11-18)23(31)20-15-28-21-13-9-8-12-19(20)21/h4-13,15,24,28H,1,14H2,2-3H3/t24-/m1/s1. The third-order valence-corrected chi connectivity index (χ3v) is 8.33. The number of aromatic amines is 1. The van der Waals surface area contributed by atoms with Crippen molar-refractivity contribution >= 4 is 50.0 Å². The summed E-state index contributed by atoms with van der Waals surface area (Å²) in [6.45, 7) is 8.10. The van der Waals surface area contributed by atoms with Crippen LogP contribution in [0.5, 0.6) is 0 Å². The van der Waals surface area contributed by atoms with Gasteiger partial charge < -0.3 is 4.98 Å². The average molecular weight is 486 g/mol. The van der Waals surface area contributed by atoms with Gasteiger partial charge in [-0.2, -0.15) is 0 Å². The number of aryl methyl sites for hydroxylation is 2. The van der Waals surface area contributed by atoms with Crippen LogP contribution in [0.4, 0.5) is 0 Å². The van der Waals surface area contributed by atoms with E-state index in [9.17, 15) is 9.59 Å². The monoisotopic (exact) mass is 485 g/mol. The normalized spacial score (nSPS) is 12.3. The van der Waals surface area contributed by atoms with E-state index in [-0.39, 0.29) is 11.3 Å². The summed E-state index contributed by atoms with van der Waals surface area (Å²) in [4.78, 5) is 37.2. The highest BCUT2D eigenvalue weighted by atomic mass is 32.2. The lowest BCUT2D eigenvalue weighted by molar-refractivity contribution is 0.0991. The summed E-state index contributed by atoms with van der Waals surface area (Å²) in [5.74, 6) is -0.0355. The molecule has 0 aliphatic heterocycles. The Morgan fingerprint density at radius 1 is 1.18 bits per heavy atom. The number of ketones is 1. The molecule has 0 bridgehead atoms. The summed E-state index contributed by atoms with van der Waals surface area (Å²) in [6, 6.07) is 17.4. The summed E-state index contributed by atoms with van der Waals surface area (Å²) in [7, 11) is 0. The number of benzene rings is 2.